The van der Waals surface area contributed by atoms with Crippen molar-refractivity contribution in [3.63, 3.8) is 0 Å². The number of anilines is 1. The van der Waals surface area contributed by atoms with Crippen LogP contribution < -0.4 is 10.5 Å². The minimum absolute atomic E-state index is 0.410. The van der Waals surface area contributed by atoms with Crippen LogP contribution in [0.3, 0.4) is 0 Å². The van der Waals surface area contributed by atoms with E-state index in [1.165, 1.54) is 0 Å². The molecule has 0 spiro atoms. The molecule has 0 atom stereocenters. The van der Waals surface area contributed by atoms with Crippen molar-refractivity contribution in [2.24, 2.45) is 0 Å². The zero-order chi connectivity index (χ0) is 12.4. The van der Waals surface area contributed by atoms with E-state index in [1.54, 1.807) is 12.4 Å². The summed E-state index contributed by atoms with van der Waals surface area (Å²) in [5, 5.41) is 0. The zero-order valence-corrected chi connectivity index (χ0v) is 9.65. The highest BCUT2D eigenvalue weighted by atomic mass is 16.5. The van der Waals surface area contributed by atoms with Gasteiger partial charge in [0.05, 0.1) is 11.9 Å². The summed E-state index contributed by atoms with van der Waals surface area (Å²) >= 11 is 0. The molecule has 0 aromatic carbocycles. The van der Waals surface area contributed by atoms with Gasteiger partial charge in [0.2, 0.25) is 0 Å². The monoisotopic (exact) mass is 240 g/mol. The largest absolute Gasteiger partial charge is 0.486 e. The van der Waals surface area contributed by atoms with Gasteiger partial charge in [0.1, 0.15) is 18.0 Å². The van der Waals surface area contributed by atoms with Crippen molar-refractivity contribution in [2.45, 2.75) is 6.61 Å². The summed E-state index contributed by atoms with van der Waals surface area (Å²) in [6, 6.07) is 7.40. The maximum absolute atomic E-state index is 5.71. The number of nitrogens with two attached hydrogens (primary N) is 1. The van der Waals surface area contributed by atoms with Crippen molar-refractivity contribution < 1.29 is 4.74 Å². The van der Waals surface area contributed by atoms with Gasteiger partial charge >= 0.3 is 0 Å². The van der Waals surface area contributed by atoms with E-state index < -0.39 is 0 Å². The van der Waals surface area contributed by atoms with Gasteiger partial charge in [0.25, 0.3) is 0 Å². The molecule has 0 aliphatic rings. The van der Waals surface area contributed by atoms with Crippen LogP contribution in [0.1, 0.15) is 5.69 Å². The SMILES string of the molecule is Nc1ccc2nc(COc3cccnc3)cn2c1. The number of pyridine rings is 2. The van der Waals surface area contributed by atoms with Crippen LogP contribution in [0, 0.1) is 0 Å². The first-order valence-electron chi connectivity index (χ1n) is 5.57. The molecule has 0 saturated carbocycles. The van der Waals surface area contributed by atoms with Gasteiger partial charge < -0.3 is 14.9 Å². The molecule has 0 aliphatic heterocycles. The van der Waals surface area contributed by atoms with Gasteiger partial charge in [-0.2, -0.15) is 0 Å². The summed E-state index contributed by atoms with van der Waals surface area (Å²) in [4.78, 5) is 8.42. The second-order valence-electron chi connectivity index (χ2n) is 3.94. The van der Waals surface area contributed by atoms with E-state index in [4.69, 9.17) is 10.5 Å². The Morgan fingerprint density at radius 2 is 2.17 bits per heavy atom. The first-order chi connectivity index (χ1) is 8.81. The first kappa shape index (κ1) is 10.6. The lowest BCUT2D eigenvalue weighted by atomic mass is 10.4. The van der Waals surface area contributed by atoms with E-state index in [2.05, 4.69) is 9.97 Å². The molecule has 0 saturated heterocycles. The Balaban J connectivity index is 1.79. The normalized spacial score (nSPS) is 10.7. The molecular formula is C13H12N4O. The Bertz CT molecular complexity index is 663. The molecular weight excluding hydrogens is 228 g/mol. The Hall–Kier alpha value is -2.56. The smallest absolute Gasteiger partial charge is 0.138 e. The predicted molar refractivity (Wildman–Crippen MR) is 68.2 cm³/mol. The molecule has 0 aliphatic carbocycles. The number of nitrogens with zero attached hydrogens (tertiary/aromatic N) is 3. The summed E-state index contributed by atoms with van der Waals surface area (Å²) in [6.45, 7) is 0.410. The summed E-state index contributed by atoms with van der Waals surface area (Å²) in [7, 11) is 0. The van der Waals surface area contributed by atoms with E-state index in [1.807, 2.05) is 41.1 Å². The van der Waals surface area contributed by atoms with Crippen molar-refractivity contribution in [1.29, 1.82) is 0 Å². The van der Waals surface area contributed by atoms with Crippen molar-refractivity contribution in [2.75, 3.05) is 5.73 Å². The first-order valence-corrected chi connectivity index (χ1v) is 5.57. The van der Waals surface area contributed by atoms with Gasteiger partial charge in [-0.05, 0) is 24.3 Å². The molecule has 5 heteroatoms. The zero-order valence-electron chi connectivity index (χ0n) is 9.65. The highest BCUT2D eigenvalue weighted by Gasteiger charge is 2.02. The van der Waals surface area contributed by atoms with E-state index in [-0.39, 0.29) is 0 Å². The van der Waals surface area contributed by atoms with E-state index in [9.17, 15) is 0 Å². The van der Waals surface area contributed by atoms with Crippen LogP contribution in [0.2, 0.25) is 0 Å². The highest BCUT2D eigenvalue weighted by molar-refractivity contribution is 5.48. The summed E-state index contributed by atoms with van der Waals surface area (Å²) in [6.07, 6.45) is 7.12. The molecule has 0 unspecified atom stereocenters. The van der Waals surface area contributed by atoms with E-state index >= 15 is 0 Å². The molecule has 0 fully saturated rings. The van der Waals surface area contributed by atoms with Crippen LogP contribution in [0.25, 0.3) is 5.65 Å². The van der Waals surface area contributed by atoms with Gasteiger partial charge in [0.15, 0.2) is 0 Å². The molecule has 3 rings (SSSR count). The van der Waals surface area contributed by atoms with Crippen molar-refractivity contribution in [3.8, 4) is 5.75 Å². The maximum atomic E-state index is 5.71. The van der Waals surface area contributed by atoms with Gasteiger partial charge in [-0.25, -0.2) is 4.98 Å². The van der Waals surface area contributed by atoms with Gasteiger partial charge in [-0.3, -0.25) is 4.98 Å². The molecule has 3 heterocycles. The number of imidazole rings is 1. The quantitative estimate of drug-likeness (QED) is 0.759. The lowest BCUT2D eigenvalue weighted by molar-refractivity contribution is 0.301. The second kappa shape index (κ2) is 4.37. The number of rotatable bonds is 3. The van der Waals surface area contributed by atoms with E-state index in [0.717, 1.165) is 17.1 Å². The van der Waals surface area contributed by atoms with Crippen LogP contribution in [-0.2, 0) is 6.61 Å². The Morgan fingerprint density at radius 3 is 3.00 bits per heavy atom. The third-order valence-electron chi connectivity index (χ3n) is 2.54. The van der Waals surface area contributed by atoms with Crippen molar-refractivity contribution in [1.82, 2.24) is 14.4 Å². The molecule has 3 aromatic rings. The van der Waals surface area contributed by atoms with Crippen LogP contribution in [0.4, 0.5) is 5.69 Å². The van der Waals surface area contributed by atoms with Crippen molar-refractivity contribution in [3.05, 3.63) is 54.7 Å². The number of aromatic nitrogens is 3. The summed E-state index contributed by atoms with van der Waals surface area (Å²) < 4.78 is 7.47. The van der Waals surface area contributed by atoms with Gasteiger partial charge in [0, 0.05) is 24.3 Å². The summed E-state index contributed by atoms with van der Waals surface area (Å²) in [5.41, 5.74) is 8.12. The molecule has 0 radical (unpaired) electrons. The Morgan fingerprint density at radius 1 is 1.22 bits per heavy atom. The van der Waals surface area contributed by atoms with Crippen LogP contribution in [0.5, 0.6) is 5.75 Å². The topological polar surface area (TPSA) is 65.4 Å². The minimum Gasteiger partial charge on any atom is -0.486 e. The molecule has 3 aromatic heterocycles. The fourth-order valence-electron chi connectivity index (χ4n) is 1.72. The molecule has 0 bridgehead atoms. The van der Waals surface area contributed by atoms with Gasteiger partial charge in [-0.1, -0.05) is 0 Å². The number of hydrogen-bond donors (Lipinski definition) is 1. The molecule has 90 valence electrons. The lowest BCUT2D eigenvalue weighted by Crippen LogP contribution is -1.95. The van der Waals surface area contributed by atoms with Crippen LogP contribution in [0.15, 0.2) is 49.1 Å². The molecule has 0 amide bonds. The van der Waals surface area contributed by atoms with E-state index in [0.29, 0.717) is 12.3 Å². The van der Waals surface area contributed by atoms with Crippen LogP contribution >= 0.6 is 0 Å². The van der Waals surface area contributed by atoms with Crippen molar-refractivity contribution >= 4 is 11.3 Å². The lowest BCUT2D eigenvalue weighted by Gasteiger charge is -2.01. The minimum atomic E-state index is 0.410. The second-order valence-corrected chi connectivity index (χ2v) is 3.94. The molecule has 2 N–H and O–H groups in total. The number of ether oxygens (including phenoxy) is 1. The molecule has 5 nitrogen and oxygen atoms in total. The fourth-order valence-corrected chi connectivity index (χ4v) is 1.72. The fraction of sp³-hybridized carbons (Fsp3) is 0.0769. The third-order valence-corrected chi connectivity index (χ3v) is 2.54. The highest BCUT2D eigenvalue weighted by Crippen LogP contribution is 2.12. The number of nitrogen functional groups attached to an aromatic ring is 1. The predicted octanol–water partition coefficient (Wildman–Crippen LogP) is 1.89. The number of fused-ring (bicyclic) bond motifs is 1. The molecule has 18 heavy (non-hydrogen) atoms. The Labute approximate surface area is 104 Å². The average Bonchev–Trinajstić information content (AvgIpc) is 2.79. The summed E-state index contributed by atoms with van der Waals surface area (Å²) in [5.74, 6) is 0.731. The third kappa shape index (κ3) is 2.10. The van der Waals surface area contributed by atoms with Gasteiger partial charge in [-0.15, -0.1) is 0 Å². The Kier molecular flexibility index (Phi) is 2.57. The average molecular weight is 240 g/mol. The van der Waals surface area contributed by atoms with Crippen LogP contribution in [-0.4, -0.2) is 14.4 Å². The number of hydrogen-bond acceptors (Lipinski definition) is 4. The standard InChI is InChI=1S/C13H12N4O/c14-10-3-4-13-16-11(8-17(13)7-10)9-18-12-2-1-5-15-6-12/h1-8H,9,14H2. The maximum Gasteiger partial charge on any atom is 0.138 e.